The average Bonchev–Trinajstić information content (AvgIpc) is 3.06. The number of likely N-dealkylation sites (tertiary alicyclic amines) is 1. The number of methoxy groups -OCH3 is 3. The van der Waals surface area contributed by atoms with E-state index in [0.717, 1.165) is 0 Å². The molecule has 1 N–H and O–H groups in total. The Hall–Kier alpha value is -3.92. The fourth-order valence-corrected chi connectivity index (χ4v) is 3.56. The highest BCUT2D eigenvalue weighted by Crippen LogP contribution is 2.40. The van der Waals surface area contributed by atoms with Crippen molar-refractivity contribution < 1.29 is 33.8 Å². The lowest BCUT2D eigenvalue weighted by atomic mass is 9.95. The average molecular weight is 442 g/mol. The van der Waals surface area contributed by atoms with Gasteiger partial charge in [-0.1, -0.05) is 0 Å². The number of carbonyl (C=O) groups excluding carboxylic acids is 2. The van der Waals surface area contributed by atoms with E-state index in [9.17, 15) is 24.8 Å². The molecule has 1 aliphatic rings. The molecule has 0 saturated carbocycles. The number of amides is 1. The third kappa shape index (κ3) is 4.12. The number of benzene rings is 2. The lowest BCUT2D eigenvalue weighted by Crippen LogP contribution is -2.32. The number of non-ortho nitro benzene ring substituents is 1. The minimum atomic E-state index is -0.945. The van der Waals surface area contributed by atoms with Crippen LogP contribution in [0.2, 0.25) is 0 Å². The van der Waals surface area contributed by atoms with Crippen molar-refractivity contribution in [2.45, 2.75) is 6.04 Å². The van der Waals surface area contributed by atoms with Crippen LogP contribution in [0.1, 0.15) is 17.2 Å². The predicted molar refractivity (Wildman–Crippen MR) is 114 cm³/mol. The molecule has 1 heterocycles. The zero-order valence-corrected chi connectivity index (χ0v) is 17.7. The maximum atomic E-state index is 12.9. The molecule has 1 fully saturated rings. The van der Waals surface area contributed by atoms with Gasteiger partial charge in [0.05, 0.1) is 37.4 Å². The summed E-state index contributed by atoms with van der Waals surface area (Å²) in [6.07, 6.45) is 0. The van der Waals surface area contributed by atoms with E-state index in [1.807, 2.05) is 0 Å². The predicted octanol–water partition coefficient (Wildman–Crippen LogP) is 2.68. The van der Waals surface area contributed by atoms with Gasteiger partial charge in [0.1, 0.15) is 5.76 Å². The molecule has 1 saturated heterocycles. The van der Waals surface area contributed by atoms with Gasteiger partial charge in [-0.2, -0.15) is 0 Å². The summed E-state index contributed by atoms with van der Waals surface area (Å²) in [5, 5.41) is 22.1. The molecule has 0 aromatic heterocycles. The van der Waals surface area contributed by atoms with Crippen LogP contribution in [-0.4, -0.2) is 61.1 Å². The topological polar surface area (TPSA) is 128 Å². The number of rotatable bonds is 8. The van der Waals surface area contributed by atoms with Crippen LogP contribution in [0.5, 0.6) is 11.5 Å². The normalized spacial score (nSPS) is 17.5. The molecule has 2 aromatic rings. The minimum Gasteiger partial charge on any atom is -0.507 e. The van der Waals surface area contributed by atoms with Gasteiger partial charge in [-0.25, -0.2) is 0 Å². The molecule has 1 amide bonds. The quantitative estimate of drug-likeness (QED) is 0.217. The van der Waals surface area contributed by atoms with Gasteiger partial charge in [0.15, 0.2) is 11.5 Å². The molecule has 0 spiro atoms. The molecule has 168 valence electrons. The second-order valence-electron chi connectivity index (χ2n) is 6.90. The third-order valence-electron chi connectivity index (χ3n) is 5.15. The Labute approximate surface area is 183 Å². The van der Waals surface area contributed by atoms with E-state index in [-0.39, 0.29) is 30.0 Å². The van der Waals surface area contributed by atoms with E-state index in [4.69, 9.17) is 14.2 Å². The Morgan fingerprint density at radius 1 is 1.06 bits per heavy atom. The summed E-state index contributed by atoms with van der Waals surface area (Å²) < 4.78 is 15.5. The summed E-state index contributed by atoms with van der Waals surface area (Å²) in [5.41, 5.74) is 0.418. The van der Waals surface area contributed by atoms with E-state index >= 15 is 0 Å². The van der Waals surface area contributed by atoms with E-state index in [1.54, 1.807) is 6.07 Å². The van der Waals surface area contributed by atoms with Crippen molar-refractivity contribution in [1.29, 1.82) is 0 Å². The summed E-state index contributed by atoms with van der Waals surface area (Å²) >= 11 is 0. The first-order valence-corrected chi connectivity index (χ1v) is 9.58. The zero-order chi connectivity index (χ0) is 23.4. The van der Waals surface area contributed by atoms with Crippen molar-refractivity contribution in [1.82, 2.24) is 4.90 Å². The highest BCUT2D eigenvalue weighted by molar-refractivity contribution is 6.46. The lowest BCUT2D eigenvalue weighted by Gasteiger charge is -2.25. The summed E-state index contributed by atoms with van der Waals surface area (Å²) in [6, 6.07) is 9.11. The highest BCUT2D eigenvalue weighted by atomic mass is 16.6. The Kier molecular flexibility index (Phi) is 6.74. The maximum Gasteiger partial charge on any atom is 0.295 e. The van der Waals surface area contributed by atoms with Gasteiger partial charge in [-0.3, -0.25) is 19.7 Å². The SMILES string of the molecule is COCCN1C(=O)C(=O)C(=C(O)c2ccc(OC)c(OC)c2)C1c1ccc([N+](=O)[O-])cc1. The fraction of sp³-hybridized carbons (Fsp3) is 0.273. The number of aliphatic hydroxyl groups is 1. The Morgan fingerprint density at radius 3 is 2.28 bits per heavy atom. The number of hydrogen-bond acceptors (Lipinski definition) is 8. The number of nitrogens with zero attached hydrogens (tertiary/aromatic N) is 2. The molecule has 3 rings (SSSR count). The smallest absolute Gasteiger partial charge is 0.295 e. The van der Waals surface area contributed by atoms with Crippen LogP contribution in [0.15, 0.2) is 48.0 Å². The van der Waals surface area contributed by atoms with Crippen LogP contribution >= 0.6 is 0 Å². The van der Waals surface area contributed by atoms with Crippen LogP contribution in [-0.2, 0) is 14.3 Å². The standard InChI is InChI=1S/C22H22N2O8/c1-30-11-10-23-19(13-4-7-15(8-5-13)24(28)29)18(21(26)22(23)27)20(25)14-6-9-16(31-2)17(12-14)32-3/h4-9,12,19,25H,10-11H2,1-3H3. The van der Waals surface area contributed by atoms with Crippen molar-refractivity contribution >= 4 is 23.1 Å². The summed E-state index contributed by atoms with van der Waals surface area (Å²) in [7, 11) is 4.36. The van der Waals surface area contributed by atoms with Crippen LogP contribution in [0.25, 0.3) is 5.76 Å². The first-order valence-electron chi connectivity index (χ1n) is 9.58. The number of ether oxygens (including phenoxy) is 3. The van der Waals surface area contributed by atoms with Gasteiger partial charge >= 0.3 is 0 Å². The second-order valence-corrected chi connectivity index (χ2v) is 6.90. The molecular formula is C22H22N2O8. The van der Waals surface area contributed by atoms with E-state index in [0.29, 0.717) is 17.1 Å². The fourth-order valence-electron chi connectivity index (χ4n) is 3.56. The van der Waals surface area contributed by atoms with Crippen LogP contribution in [0.3, 0.4) is 0 Å². The second kappa shape index (κ2) is 9.48. The van der Waals surface area contributed by atoms with Gasteiger partial charge < -0.3 is 24.2 Å². The molecule has 1 aliphatic heterocycles. The van der Waals surface area contributed by atoms with Crippen LogP contribution in [0, 0.1) is 10.1 Å². The molecule has 0 bridgehead atoms. The molecule has 1 atom stereocenters. The van der Waals surface area contributed by atoms with E-state index < -0.39 is 28.4 Å². The number of hydrogen-bond donors (Lipinski definition) is 1. The molecule has 0 radical (unpaired) electrons. The van der Waals surface area contributed by atoms with Crippen LogP contribution in [0.4, 0.5) is 5.69 Å². The maximum absolute atomic E-state index is 12.9. The monoisotopic (exact) mass is 442 g/mol. The number of ketones is 1. The number of nitro groups is 1. The van der Waals surface area contributed by atoms with Gasteiger partial charge in [-0.15, -0.1) is 0 Å². The Balaban J connectivity index is 2.16. The molecule has 10 heteroatoms. The van der Waals surface area contributed by atoms with Gasteiger partial charge in [0.25, 0.3) is 17.4 Å². The molecule has 32 heavy (non-hydrogen) atoms. The minimum absolute atomic E-state index is 0.0887. The van der Waals surface area contributed by atoms with E-state index in [1.165, 1.54) is 62.6 Å². The molecule has 2 aromatic carbocycles. The number of carbonyl (C=O) groups is 2. The Morgan fingerprint density at radius 2 is 1.72 bits per heavy atom. The highest BCUT2D eigenvalue weighted by Gasteiger charge is 2.46. The van der Waals surface area contributed by atoms with Crippen molar-refractivity contribution in [3.8, 4) is 11.5 Å². The molecule has 10 nitrogen and oxygen atoms in total. The zero-order valence-electron chi connectivity index (χ0n) is 17.7. The molecule has 0 aliphatic carbocycles. The van der Waals surface area contributed by atoms with E-state index in [2.05, 4.69) is 0 Å². The molecular weight excluding hydrogens is 420 g/mol. The lowest BCUT2D eigenvalue weighted by molar-refractivity contribution is -0.384. The largest absolute Gasteiger partial charge is 0.507 e. The van der Waals surface area contributed by atoms with Crippen molar-refractivity contribution in [3.63, 3.8) is 0 Å². The van der Waals surface area contributed by atoms with Crippen molar-refractivity contribution in [2.75, 3.05) is 34.5 Å². The van der Waals surface area contributed by atoms with Gasteiger partial charge in [-0.05, 0) is 35.9 Å². The van der Waals surface area contributed by atoms with Gasteiger partial charge in [0.2, 0.25) is 0 Å². The first kappa shape index (κ1) is 22.8. The summed E-state index contributed by atoms with van der Waals surface area (Å²) in [6.45, 7) is 0.248. The number of aliphatic hydroxyl groups excluding tert-OH is 1. The van der Waals surface area contributed by atoms with Crippen LogP contribution < -0.4 is 9.47 Å². The van der Waals surface area contributed by atoms with Gasteiger partial charge in [0, 0.05) is 31.4 Å². The number of nitro benzene ring substituents is 1. The van der Waals surface area contributed by atoms with Crippen molar-refractivity contribution in [2.24, 2.45) is 0 Å². The molecule has 1 unspecified atom stereocenters. The summed E-state index contributed by atoms with van der Waals surface area (Å²) in [4.78, 5) is 37.4. The summed E-state index contributed by atoms with van der Waals surface area (Å²) in [5.74, 6) is -1.30. The first-order chi connectivity index (χ1) is 15.3. The Bertz CT molecular complexity index is 1080. The third-order valence-corrected chi connectivity index (χ3v) is 5.15. The number of Topliss-reactive ketones (excluding diaryl/α,β-unsaturated/α-hetero) is 1. The van der Waals surface area contributed by atoms with Crippen molar-refractivity contribution in [3.05, 3.63) is 69.3 Å².